The van der Waals surface area contributed by atoms with Crippen LogP contribution in [-0.4, -0.2) is 19.8 Å². The van der Waals surface area contributed by atoms with E-state index in [0.29, 0.717) is 26.7 Å². The molecule has 0 aliphatic carbocycles. The van der Waals surface area contributed by atoms with Crippen molar-refractivity contribution in [2.24, 2.45) is 0 Å². The maximum Gasteiger partial charge on any atom is 0.185 e. The predicted octanol–water partition coefficient (Wildman–Crippen LogP) is 3.96. The number of rotatable bonds is 1. The molecular weight excluding hydrogens is 347 g/mol. The molecule has 0 bridgehead atoms. The maximum atomic E-state index is 13.3. The second-order valence-electron chi connectivity index (χ2n) is 4.43. The Bertz CT molecular complexity index is 831. The molecule has 1 aromatic carbocycles. The Morgan fingerprint density at radius 1 is 1.20 bits per heavy atom. The highest BCUT2D eigenvalue weighted by atomic mass is 79.9. The van der Waals surface area contributed by atoms with Gasteiger partial charge >= 0.3 is 0 Å². The van der Waals surface area contributed by atoms with Crippen LogP contribution in [0.2, 0.25) is 5.15 Å². The fourth-order valence-electron chi connectivity index (χ4n) is 1.91. The first-order chi connectivity index (χ1) is 9.49. The molecular formula is C13H9BrClFN4. The van der Waals surface area contributed by atoms with Crippen molar-refractivity contribution in [2.75, 3.05) is 0 Å². The van der Waals surface area contributed by atoms with Crippen molar-refractivity contribution in [2.45, 2.75) is 13.8 Å². The molecule has 0 fully saturated rings. The van der Waals surface area contributed by atoms with Crippen LogP contribution >= 0.6 is 27.5 Å². The summed E-state index contributed by atoms with van der Waals surface area (Å²) < 4.78 is 15.2. The Labute approximate surface area is 127 Å². The van der Waals surface area contributed by atoms with E-state index >= 15 is 0 Å². The molecule has 0 N–H and O–H groups in total. The van der Waals surface area contributed by atoms with E-state index < -0.39 is 0 Å². The topological polar surface area (TPSA) is 43.1 Å². The van der Waals surface area contributed by atoms with Crippen molar-refractivity contribution in [3.8, 4) is 11.4 Å². The number of fused-ring (bicyclic) bond motifs is 1. The number of halogens is 3. The number of benzene rings is 1. The predicted molar refractivity (Wildman–Crippen MR) is 78.4 cm³/mol. The van der Waals surface area contributed by atoms with E-state index in [0.717, 1.165) is 11.1 Å². The molecule has 102 valence electrons. The summed E-state index contributed by atoms with van der Waals surface area (Å²) >= 11 is 9.27. The minimum absolute atomic E-state index is 0.333. The molecule has 0 saturated heterocycles. The minimum Gasteiger partial charge on any atom is -0.206 e. The molecule has 0 spiro atoms. The van der Waals surface area contributed by atoms with Gasteiger partial charge in [0.1, 0.15) is 5.82 Å². The van der Waals surface area contributed by atoms with Crippen LogP contribution in [0.4, 0.5) is 4.39 Å². The van der Waals surface area contributed by atoms with Crippen molar-refractivity contribution >= 4 is 33.2 Å². The fourth-order valence-corrected chi connectivity index (χ4v) is 2.50. The summed E-state index contributed by atoms with van der Waals surface area (Å²) in [6.45, 7) is 3.80. The van der Waals surface area contributed by atoms with Gasteiger partial charge < -0.3 is 0 Å². The number of nitrogens with zero attached hydrogens (tertiary/aromatic N) is 4. The van der Waals surface area contributed by atoms with Gasteiger partial charge in [-0.2, -0.15) is 9.61 Å². The van der Waals surface area contributed by atoms with Gasteiger partial charge in [0.2, 0.25) is 0 Å². The van der Waals surface area contributed by atoms with Gasteiger partial charge in [-0.25, -0.2) is 4.39 Å². The summed E-state index contributed by atoms with van der Waals surface area (Å²) in [6.07, 6.45) is 0. The first-order valence-electron chi connectivity index (χ1n) is 5.82. The lowest BCUT2D eigenvalue weighted by Gasteiger charge is -2.05. The highest BCUT2D eigenvalue weighted by Gasteiger charge is 2.15. The van der Waals surface area contributed by atoms with Gasteiger partial charge in [0.15, 0.2) is 16.6 Å². The van der Waals surface area contributed by atoms with Gasteiger partial charge in [0, 0.05) is 11.1 Å². The lowest BCUT2D eigenvalue weighted by atomic mass is 10.2. The van der Waals surface area contributed by atoms with Gasteiger partial charge in [-0.05, 0) is 53.5 Å². The standard InChI is InChI=1S/C13H9BrClFN4/c1-6-7(2)12-17-18-13(20(12)19-11(6)15)8-3-4-10(16)9(14)5-8/h3-5H,1-2H3. The van der Waals surface area contributed by atoms with Crippen molar-refractivity contribution in [3.05, 3.63) is 44.8 Å². The van der Waals surface area contributed by atoms with E-state index in [2.05, 4.69) is 31.2 Å². The molecule has 4 nitrogen and oxygen atoms in total. The Hall–Kier alpha value is -1.53. The lowest BCUT2D eigenvalue weighted by Crippen LogP contribution is -2.00. The van der Waals surface area contributed by atoms with Crippen LogP contribution in [0.15, 0.2) is 22.7 Å². The number of hydrogen-bond acceptors (Lipinski definition) is 3. The van der Waals surface area contributed by atoms with Crippen LogP contribution in [0.1, 0.15) is 11.1 Å². The molecule has 20 heavy (non-hydrogen) atoms. The fraction of sp³-hybridized carbons (Fsp3) is 0.154. The molecule has 7 heteroatoms. The first kappa shape index (κ1) is 13.5. The molecule has 0 radical (unpaired) electrons. The average molecular weight is 356 g/mol. The van der Waals surface area contributed by atoms with E-state index in [4.69, 9.17) is 11.6 Å². The Morgan fingerprint density at radius 3 is 2.65 bits per heavy atom. The minimum atomic E-state index is -0.333. The third-order valence-corrected chi connectivity index (χ3v) is 4.18. The van der Waals surface area contributed by atoms with Crippen molar-refractivity contribution < 1.29 is 4.39 Å². The maximum absolute atomic E-state index is 13.3. The monoisotopic (exact) mass is 354 g/mol. The molecule has 0 aliphatic heterocycles. The third-order valence-electron chi connectivity index (χ3n) is 3.21. The molecule has 3 aromatic rings. The second kappa shape index (κ2) is 4.79. The molecule has 0 atom stereocenters. The van der Waals surface area contributed by atoms with E-state index in [-0.39, 0.29) is 5.82 Å². The molecule has 2 aromatic heterocycles. The first-order valence-corrected chi connectivity index (χ1v) is 6.99. The van der Waals surface area contributed by atoms with E-state index in [1.54, 1.807) is 16.6 Å². The zero-order valence-corrected chi connectivity index (χ0v) is 13.0. The normalized spacial score (nSPS) is 11.2. The van der Waals surface area contributed by atoms with Crippen molar-refractivity contribution in [3.63, 3.8) is 0 Å². The van der Waals surface area contributed by atoms with E-state index in [9.17, 15) is 4.39 Å². The van der Waals surface area contributed by atoms with E-state index in [1.807, 2.05) is 13.8 Å². The molecule has 0 amide bonds. The molecule has 2 heterocycles. The number of aryl methyl sites for hydroxylation is 1. The van der Waals surface area contributed by atoms with Crippen LogP contribution in [0.3, 0.4) is 0 Å². The molecule has 0 aliphatic rings. The summed E-state index contributed by atoms with van der Waals surface area (Å²) in [7, 11) is 0. The van der Waals surface area contributed by atoms with Gasteiger partial charge in [-0.15, -0.1) is 10.2 Å². The molecule has 3 rings (SSSR count). The van der Waals surface area contributed by atoms with Gasteiger partial charge in [0.25, 0.3) is 0 Å². The quantitative estimate of drug-likeness (QED) is 0.663. The summed E-state index contributed by atoms with van der Waals surface area (Å²) in [4.78, 5) is 0. The van der Waals surface area contributed by atoms with Gasteiger partial charge in [-0.3, -0.25) is 0 Å². The van der Waals surface area contributed by atoms with Crippen molar-refractivity contribution in [1.82, 2.24) is 19.8 Å². The third kappa shape index (κ3) is 1.99. The van der Waals surface area contributed by atoms with E-state index in [1.165, 1.54) is 6.07 Å². The van der Waals surface area contributed by atoms with Crippen LogP contribution in [0.25, 0.3) is 17.0 Å². The zero-order valence-electron chi connectivity index (χ0n) is 10.7. The SMILES string of the molecule is Cc1c(Cl)nn2c(-c3ccc(F)c(Br)c3)nnc2c1C. The van der Waals surface area contributed by atoms with Gasteiger partial charge in [0.05, 0.1) is 4.47 Å². The van der Waals surface area contributed by atoms with Gasteiger partial charge in [-0.1, -0.05) is 11.6 Å². The number of hydrogen-bond donors (Lipinski definition) is 0. The summed E-state index contributed by atoms with van der Waals surface area (Å²) in [6, 6.07) is 4.63. The van der Waals surface area contributed by atoms with Crippen molar-refractivity contribution in [1.29, 1.82) is 0 Å². The average Bonchev–Trinajstić information content (AvgIpc) is 2.83. The van der Waals surface area contributed by atoms with Crippen LogP contribution in [0, 0.1) is 19.7 Å². The van der Waals surface area contributed by atoms with Crippen LogP contribution in [0.5, 0.6) is 0 Å². The summed E-state index contributed by atoms with van der Waals surface area (Å²) in [5.74, 6) is 0.186. The lowest BCUT2D eigenvalue weighted by molar-refractivity contribution is 0.621. The Morgan fingerprint density at radius 2 is 1.95 bits per heavy atom. The number of aromatic nitrogens is 4. The smallest absolute Gasteiger partial charge is 0.185 e. The summed E-state index contributed by atoms with van der Waals surface area (Å²) in [5, 5.41) is 12.9. The van der Waals surface area contributed by atoms with Crippen LogP contribution < -0.4 is 0 Å². The highest BCUT2D eigenvalue weighted by Crippen LogP contribution is 2.26. The zero-order chi connectivity index (χ0) is 14.4. The second-order valence-corrected chi connectivity index (χ2v) is 5.64. The molecule has 0 unspecified atom stereocenters. The van der Waals surface area contributed by atoms with Crippen LogP contribution in [-0.2, 0) is 0 Å². The largest absolute Gasteiger partial charge is 0.206 e. The highest BCUT2D eigenvalue weighted by molar-refractivity contribution is 9.10. The Balaban J connectivity index is 2.29. The Kier molecular flexibility index (Phi) is 3.22. The molecule has 0 saturated carbocycles. The summed E-state index contributed by atoms with van der Waals surface area (Å²) in [5.41, 5.74) is 3.14.